The molecule has 0 radical (unpaired) electrons. The molecule has 1 aliphatic heterocycles. The van der Waals surface area contributed by atoms with Gasteiger partial charge in [0.15, 0.2) is 0 Å². The zero-order valence-corrected chi connectivity index (χ0v) is 17.8. The Labute approximate surface area is 172 Å². The third kappa shape index (κ3) is 6.09. The van der Waals surface area contributed by atoms with E-state index < -0.39 is 0 Å². The van der Waals surface area contributed by atoms with E-state index in [1.54, 1.807) is 11.8 Å². The highest BCUT2D eigenvalue weighted by Crippen LogP contribution is 2.27. The summed E-state index contributed by atoms with van der Waals surface area (Å²) in [7, 11) is 0. The Hall–Kier alpha value is -1.82. The van der Waals surface area contributed by atoms with Crippen LogP contribution in [0.25, 0.3) is 0 Å². The van der Waals surface area contributed by atoms with Crippen molar-refractivity contribution < 1.29 is 9.53 Å². The Morgan fingerprint density at radius 2 is 1.89 bits per heavy atom. The van der Waals surface area contributed by atoms with Crippen LogP contribution in [0.5, 0.6) is 0 Å². The molecule has 2 aromatic rings. The molecule has 28 heavy (non-hydrogen) atoms. The van der Waals surface area contributed by atoms with E-state index in [1.807, 2.05) is 6.07 Å². The molecule has 2 aromatic carbocycles. The van der Waals surface area contributed by atoms with E-state index in [-0.39, 0.29) is 12.0 Å². The van der Waals surface area contributed by atoms with Crippen molar-refractivity contribution in [2.45, 2.75) is 38.3 Å². The van der Waals surface area contributed by atoms with Gasteiger partial charge in [-0.05, 0) is 37.5 Å². The predicted molar refractivity (Wildman–Crippen MR) is 116 cm³/mol. The van der Waals surface area contributed by atoms with Crippen molar-refractivity contribution in [3.63, 3.8) is 0 Å². The van der Waals surface area contributed by atoms with Gasteiger partial charge in [-0.25, -0.2) is 0 Å². The normalized spacial score (nSPS) is 17.5. The molecule has 0 spiro atoms. The summed E-state index contributed by atoms with van der Waals surface area (Å²) >= 11 is 1.62. The molecule has 1 saturated heterocycles. The molecule has 0 aromatic heterocycles. The molecular weight excluding hydrogens is 368 g/mol. The number of hydrogen-bond acceptors (Lipinski definition) is 4. The van der Waals surface area contributed by atoms with E-state index in [0.29, 0.717) is 18.9 Å². The highest BCUT2D eigenvalue weighted by atomic mass is 32.2. The molecule has 1 aliphatic rings. The quantitative estimate of drug-likeness (QED) is 0.722. The fraction of sp³-hybridized carbons (Fsp3) is 0.435. The second kappa shape index (κ2) is 10.1. The van der Waals surface area contributed by atoms with Crippen LogP contribution in [0.1, 0.15) is 22.3 Å². The lowest BCUT2D eigenvalue weighted by molar-refractivity contribution is -0.119. The van der Waals surface area contributed by atoms with Crippen molar-refractivity contribution in [1.82, 2.24) is 10.2 Å². The number of thioether (sulfide) groups is 1. The molecule has 0 bridgehead atoms. The van der Waals surface area contributed by atoms with Crippen molar-refractivity contribution in [3.8, 4) is 0 Å². The highest BCUT2D eigenvalue weighted by molar-refractivity contribution is 8.00. The average molecular weight is 399 g/mol. The predicted octanol–water partition coefficient (Wildman–Crippen LogP) is 3.72. The number of nitrogens with zero attached hydrogens (tertiary/aromatic N) is 1. The van der Waals surface area contributed by atoms with Crippen LogP contribution in [0, 0.1) is 20.8 Å². The molecule has 1 amide bonds. The van der Waals surface area contributed by atoms with E-state index in [4.69, 9.17) is 4.74 Å². The van der Waals surface area contributed by atoms with Gasteiger partial charge in [-0.15, -0.1) is 11.8 Å². The summed E-state index contributed by atoms with van der Waals surface area (Å²) in [6.45, 7) is 10.3. The largest absolute Gasteiger partial charge is 0.374 e. The van der Waals surface area contributed by atoms with E-state index in [9.17, 15) is 4.79 Å². The summed E-state index contributed by atoms with van der Waals surface area (Å²) < 4.78 is 5.85. The monoisotopic (exact) mass is 398 g/mol. The molecule has 1 N–H and O–H groups in total. The lowest BCUT2D eigenvalue weighted by Crippen LogP contribution is -2.47. The number of rotatable bonds is 7. The minimum Gasteiger partial charge on any atom is -0.374 e. The summed E-state index contributed by atoms with van der Waals surface area (Å²) in [5.41, 5.74) is 5.05. The molecule has 4 nitrogen and oxygen atoms in total. The first kappa shape index (κ1) is 20.9. The number of carbonyl (C=O) groups is 1. The zero-order chi connectivity index (χ0) is 19.9. The van der Waals surface area contributed by atoms with Gasteiger partial charge in [0, 0.05) is 31.1 Å². The average Bonchev–Trinajstić information content (AvgIpc) is 2.66. The molecule has 1 atom stereocenters. The highest BCUT2D eigenvalue weighted by Gasteiger charge is 2.21. The molecule has 1 fully saturated rings. The van der Waals surface area contributed by atoms with Gasteiger partial charge in [-0.2, -0.15) is 0 Å². The minimum atomic E-state index is 0.0502. The fourth-order valence-electron chi connectivity index (χ4n) is 3.70. The molecule has 0 saturated carbocycles. The van der Waals surface area contributed by atoms with Gasteiger partial charge >= 0.3 is 0 Å². The Morgan fingerprint density at radius 3 is 2.61 bits per heavy atom. The summed E-state index contributed by atoms with van der Waals surface area (Å²) in [6, 6.07) is 14.8. The topological polar surface area (TPSA) is 41.6 Å². The molecule has 5 heteroatoms. The third-order valence-electron chi connectivity index (χ3n) is 4.95. The standard InChI is InChI=1S/C23H30N2O2S/c1-17-11-18(2)23(19(3)12-17)28-16-22(26)24-13-21-15-25(9-10-27-21)14-20-7-5-4-6-8-20/h4-8,11-12,21H,9-10,13-16H2,1-3H3,(H,24,26). The van der Waals surface area contributed by atoms with Crippen LogP contribution in [-0.4, -0.2) is 48.9 Å². The van der Waals surface area contributed by atoms with Crippen molar-refractivity contribution in [2.75, 3.05) is 32.0 Å². The summed E-state index contributed by atoms with van der Waals surface area (Å²) in [4.78, 5) is 15.9. The van der Waals surface area contributed by atoms with Crippen molar-refractivity contribution in [1.29, 1.82) is 0 Å². The van der Waals surface area contributed by atoms with Gasteiger partial charge in [0.25, 0.3) is 0 Å². The fourth-order valence-corrected chi connectivity index (χ4v) is 4.65. The molecule has 3 rings (SSSR count). The number of carbonyl (C=O) groups excluding carboxylic acids is 1. The number of amides is 1. The van der Waals surface area contributed by atoms with Gasteiger partial charge < -0.3 is 10.1 Å². The Balaban J connectivity index is 1.43. The zero-order valence-electron chi connectivity index (χ0n) is 17.0. The van der Waals surface area contributed by atoms with Gasteiger partial charge in [0.2, 0.25) is 5.91 Å². The van der Waals surface area contributed by atoms with Crippen molar-refractivity contribution in [3.05, 3.63) is 64.7 Å². The summed E-state index contributed by atoms with van der Waals surface area (Å²) in [5.74, 6) is 0.499. The summed E-state index contributed by atoms with van der Waals surface area (Å²) in [6.07, 6.45) is 0.0502. The SMILES string of the molecule is Cc1cc(C)c(SCC(=O)NCC2CN(Cc3ccccc3)CCO2)c(C)c1. The maximum atomic E-state index is 12.3. The van der Waals surface area contributed by atoms with Crippen LogP contribution in [0.15, 0.2) is 47.4 Å². The van der Waals surface area contributed by atoms with Crippen molar-refractivity contribution in [2.24, 2.45) is 0 Å². The second-order valence-corrected chi connectivity index (χ2v) is 8.52. The van der Waals surface area contributed by atoms with Crippen LogP contribution >= 0.6 is 11.8 Å². The maximum absolute atomic E-state index is 12.3. The Morgan fingerprint density at radius 1 is 1.18 bits per heavy atom. The third-order valence-corrected chi connectivity index (χ3v) is 6.29. The number of nitrogens with one attached hydrogen (secondary N) is 1. The molecule has 150 valence electrons. The Bertz CT molecular complexity index is 771. The van der Waals surface area contributed by atoms with Crippen LogP contribution in [0.2, 0.25) is 0 Å². The number of aryl methyl sites for hydroxylation is 3. The van der Waals surface area contributed by atoms with Gasteiger partial charge in [-0.1, -0.05) is 48.0 Å². The molecule has 1 unspecified atom stereocenters. The number of benzene rings is 2. The first-order valence-corrected chi connectivity index (χ1v) is 10.8. The van der Waals surface area contributed by atoms with E-state index >= 15 is 0 Å². The summed E-state index contributed by atoms with van der Waals surface area (Å²) in [5, 5.41) is 3.05. The van der Waals surface area contributed by atoms with E-state index in [2.05, 4.69) is 67.4 Å². The van der Waals surface area contributed by atoms with Gasteiger partial charge in [0.05, 0.1) is 18.5 Å². The number of hydrogen-bond donors (Lipinski definition) is 1. The first-order valence-electron chi connectivity index (χ1n) is 9.86. The van der Waals surface area contributed by atoms with Crippen LogP contribution in [-0.2, 0) is 16.1 Å². The van der Waals surface area contributed by atoms with Gasteiger partial charge in [-0.3, -0.25) is 9.69 Å². The first-order chi connectivity index (χ1) is 13.5. The van der Waals surface area contributed by atoms with Crippen molar-refractivity contribution >= 4 is 17.7 Å². The number of morpholine rings is 1. The lowest BCUT2D eigenvalue weighted by Gasteiger charge is -2.33. The van der Waals surface area contributed by atoms with E-state index in [0.717, 1.165) is 19.6 Å². The molecule has 0 aliphatic carbocycles. The van der Waals surface area contributed by atoms with Crippen LogP contribution < -0.4 is 5.32 Å². The smallest absolute Gasteiger partial charge is 0.230 e. The number of ether oxygens (including phenoxy) is 1. The second-order valence-electron chi connectivity index (χ2n) is 7.53. The Kier molecular flexibility index (Phi) is 7.54. The lowest BCUT2D eigenvalue weighted by atomic mass is 10.1. The molecular formula is C23H30N2O2S. The molecule has 1 heterocycles. The van der Waals surface area contributed by atoms with Crippen LogP contribution in [0.3, 0.4) is 0 Å². The van der Waals surface area contributed by atoms with E-state index in [1.165, 1.54) is 27.1 Å². The minimum absolute atomic E-state index is 0.0502. The maximum Gasteiger partial charge on any atom is 0.230 e. The van der Waals surface area contributed by atoms with Gasteiger partial charge in [0.1, 0.15) is 0 Å². The van der Waals surface area contributed by atoms with Crippen LogP contribution in [0.4, 0.5) is 0 Å².